The van der Waals surface area contributed by atoms with Crippen LogP contribution in [0.2, 0.25) is 0 Å². The van der Waals surface area contributed by atoms with Gasteiger partial charge in [0, 0.05) is 23.6 Å². The van der Waals surface area contributed by atoms with Crippen LogP contribution >= 0.6 is 0 Å². The number of ether oxygens (including phenoxy) is 2. The summed E-state index contributed by atoms with van der Waals surface area (Å²) in [5, 5.41) is 14.1. The molecule has 0 spiro atoms. The van der Waals surface area contributed by atoms with Gasteiger partial charge in [0.15, 0.2) is 0 Å². The van der Waals surface area contributed by atoms with E-state index in [1.165, 1.54) is 5.56 Å². The Morgan fingerprint density at radius 2 is 1.58 bits per heavy atom. The number of hydrogen-bond donors (Lipinski definition) is 2. The summed E-state index contributed by atoms with van der Waals surface area (Å²) in [6, 6.07) is 14.5. The van der Waals surface area contributed by atoms with Gasteiger partial charge in [0.25, 0.3) is 0 Å². The molecule has 0 radical (unpaired) electrons. The number of methoxy groups -OCH3 is 2. The van der Waals surface area contributed by atoms with E-state index in [-0.39, 0.29) is 6.04 Å². The Balaban J connectivity index is 1.54. The van der Waals surface area contributed by atoms with Crippen LogP contribution in [0.4, 0.5) is 0 Å². The number of aliphatic hydroxyl groups excluding tert-OH is 1. The van der Waals surface area contributed by atoms with Crippen molar-refractivity contribution in [2.24, 2.45) is 0 Å². The molecule has 4 heteroatoms. The Morgan fingerprint density at radius 3 is 2.23 bits per heavy atom. The van der Waals surface area contributed by atoms with E-state index in [4.69, 9.17) is 9.47 Å². The Hall–Kier alpha value is -2.04. The summed E-state index contributed by atoms with van der Waals surface area (Å²) in [5.41, 5.74) is 3.61. The van der Waals surface area contributed by atoms with Crippen molar-refractivity contribution in [1.29, 1.82) is 0 Å². The van der Waals surface area contributed by atoms with Crippen LogP contribution in [-0.2, 0) is 19.3 Å². The Morgan fingerprint density at radius 1 is 0.923 bits per heavy atom. The molecule has 0 aliphatic heterocycles. The van der Waals surface area contributed by atoms with Crippen molar-refractivity contribution in [2.45, 2.75) is 44.2 Å². The number of aliphatic hydroxyl groups is 1. The molecule has 140 valence electrons. The summed E-state index contributed by atoms with van der Waals surface area (Å²) in [5.74, 6) is 1.71. The monoisotopic (exact) mass is 355 g/mol. The molecule has 0 amide bonds. The molecule has 0 saturated carbocycles. The number of unbranched alkanes of at least 4 members (excludes halogenated alkanes) is 1. The normalized spacial score (nSPS) is 19.0. The van der Waals surface area contributed by atoms with Gasteiger partial charge in [-0.05, 0) is 49.9 Å². The summed E-state index contributed by atoms with van der Waals surface area (Å²) < 4.78 is 11.0. The van der Waals surface area contributed by atoms with E-state index in [0.717, 1.165) is 54.9 Å². The van der Waals surface area contributed by atoms with E-state index in [0.29, 0.717) is 6.42 Å². The van der Waals surface area contributed by atoms with Crippen LogP contribution in [0.1, 0.15) is 29.5 Å². The predicted molar refractivity (Wildman–Crippen MR) is 104 cm³/mol. The van der Waals surface area contributed by atoms with Crippen LogP contribution in [0, 0.1) is 0 Å². The lowest BCUT2D eigenvalue weighted by atomic mass is 9.85. The first kappa shape index (κ1) is 18.7. The Bertz CT molecular complexity index is 702. The zero-order valence-corrected chi connectivity index (χ0v) is 15.7. The van der Waals surface area contributed by atoms with E-state index in [2.05, 4.69) is 35.6 Å². The minimum atomic E-state index is -0.405. The maximum atomic E-state index is 10.6. The van der Waals surface area contributed by atoms with Crippen molar-refractivity contribution in [2.75, 3.05) is 20.8 Å². The van der Waals surface area contributed by atoms with Crippen molar-refractivity contribution in [3.05, 3.63) is 59.2 Å². The zero-order chi connectivity index (χ0) is 18.4. The molecule has 2 N–H and O–H groups in total. The first-order valence-corrected chi connectivity index (χ1v) is 9.41. The van der Waals surface area contributed by atoms with E-state index in [1.807, 2.05) is 12.1 Å². The number of nitrogens with one attached hydrogen (secondary N) is 1. The van der Waals surface area contributed by atoms with E-state index < -0.39 is 6.10 Å². The van der Waals surface area contributed by atoms with Crippen LogP contribution in [0.25, 0.3) is 0 Å². The fourth-order valence-corrected chi connectivity index (χ4v) is 3.78. The summed E-state index contributed by atoms with van der Waals surface area (Å²) in [6.45, 7) is 0.913. The predicted octanol–water partition coefficient (Wildman–Crippen LogP) is 3.14. The van der Waals surface area contributed by atoms with E-state index in [1.54, 1.807) is 14.2 Å². The van der Waals surface area contributed by atoms with Gasteiger partial charge in [0.1, 0.15) is 11.5 Å². The van der Waals surface area contributed by atoms with Gasteiger partial charge < -0.3 is 19.9 Å². The average Bonchev–Trinajstić information content (AvgIpc) is 2.68. The average molecular weight is 355 g/mol. The molecule has 2 aromatic carbocycles. The molecular weight excluding hydrogens is 326 g/mol. The second-order valence-electron chi connectivity index (χ2n) is 6.91. The van der Waals surface area contributed by atoms with Crippen LogP contribution in [-0.4, -0.2) is 38.0 Å². The van der Waals surface area contributed by atoms with Gasteiger partial charge in [-0.25, -0.2) is 0 Å². The molecule has 3 rings (SSSR count). The molecule has 0 unspecified atom stereocenters. The molecule has 2 aromatic rings. The molecule has 0 heterocycles. The molecule has 2 atom stereocenters. The van der Waals surface area contributed by atoms with Gasteiger partial charge in [-0.2, -0.15) is 0 Å². The maximum Gasteiger partial charge on any atom is 0.122 e. The van der Waals surface area contributed by atoms with Gasteiger partial charge in [0.05, 0.1) is 20.3 Å². The number of hydrogen-bond acceptors (Lipinski definition) is 4. The van der Waals surface area contributed by atoms with Gasteiger partial charge in [0.2, 0.25) is 0 Å². The highest BCUT2D eigenvalue weighted by Gasteiger charge is 2.30. The lowest BCUT2D eigenvalue weighted by Gasteiger charge is -2.32. The van der Waals surface area contributed by atoms with Crippen molar-refractivity contribution in [1.82, 2.24) is 5.32 Å². The largest absolute Gasteiger partial charge is 0.496 e. The maximum absolute atomic E-state index is 10.6. The second-order valence-corrected chi connectivity index (χ2v) is 6.91. The SMILES string of the molecule is COc1ccc(OC)c2c1C[C@H](NCCCCc1ccccc1)[C@@H](O)C2. The van der Waals surface area contributed by atoms with Gasteiger partial charge in [-0.1, -0.05) is 30.3 Å². The van der Waals surface area contributed by atoms with Crippen LogP contribution in [0.5, 0.6) is 11.5 Å². The van der Waals surface area contributed by atoms with Gasteiger partial charge >= 0.3 is 0 Å². The highest BCUT2D eigenvalue weighted by Crippen LogP contribution is 2.36. The Kier molecular flexibility index (Phi) is 6.53. The minimum absolute atomic E-state index is 0.0558. The topological polar surface area (TPSA) is 50.7 Å². The summed E-state index contributed by atoms with van der Waals surface area (Å²) in [7, 11) is 3.37. The third kappa shape index (κ3) is 4.37. The third-order valence-electron chi connectivity index (χ3n) is 5.23. The smallest absolute Gasteiger partial charge is 0.122 e. The van der Waals surface area contributed by atoms with Crippen LogP contribution in [0.15, 0.2) is 42.5 Å². The standard InChI is InChI=1S/C22H29NO3/c1-25-21-11-12-22(26-2)18-15-20(24)19(14-17(18)21)23-13-7-6-10-16-8-4-3-5-9-16/h3-5,8-9,11-12,19-20,23-24H,6-7,10,13-15H2,1-2H3/t19-,20-/m0/s1. The minimum Gasteiger partial charge on any atom is -0.496 e. The fourth-order valence-electron chi connectivity index (χ4n) is 3.78. The third-order valence-corrected chi connectivity index (χ3v) is 5.23. The number of aryl methyl sites for hydroxylation is 1. The summed E-state index contributed by atoms with van der Waals surface area (Å²) in [6.07, 6.45) is 4.29. The van der Waals surface area contributed by atoms with E-state index in [9.17, 15) is 5.11 Å². The molecule has 1 aliphatic rings. The van der Waals surface area contributed by atoms with Crippen molar-refractivity contribution in [3.8, 4) is 11.5 Å². The molecule has 0 aromatic heterocycles. The molecule has 0 bridgehead atoms. The van der Waals surface area contributed by atoms with Crippen molar-refractivity contribution >= 4 is 0 Å². The molecular formula is C22H29NO3. The van der Waals surface area contributed by atoms with Gasteiger partial charge in [-0.3, -0.25) is 0 Å². The Labute approximate surface area is 156 Å². The molecule has 0 saturated heterocycles. The molecule has 4 nitrogen and oxygen atoms in total. The zero-order valence-electron chi connectivity index (χ0n) is 15.7. The van der Waals surface area contributed by atoms with Crippen LogP contribution in [0.3, 0.4) is 0 Å². The highest BCUT2D eigenvalue weighted by atomic mass is 16.5. The summed E-state index contributed by atoms with van der Waals surface area (Å²) >= 11 is 0. The number of rotatable bonds is 8. The lowest BCUT2D eigenvalue weighted by molar-refractivity contribution is 0.117. The molecule has 26 heavy (non-hydrogen) atoms. The highest BCUT2D eigenvalue weighted by molar-refractivity contribution is 5.51. The quantitative estimate of drug-likeness (QED) is 0.714. The number of fused-ring (bicyclic) bond motifs is 1. The number of benzene rings is 2. The fraction of sp³-hybridized carbons (Fsp3) is 0.455. The first-order chi connectivity index (χ1) is 12.7. The molecule has 1 aliphatic carbocycles. The first-order valence-electron chi connectivity index (χ1n) is 9.41. The van der Waals surface area contributed by atoms with Gasteiger partial charge in [-0.15, -0.1) is 0 Å². The summed E-state index contributed by atoms with van der Waals surface area (Å²) in [4.78, 5) is 0. The van der Waals surface area contributed by atoms with E-state index >= 15 is 0 Å². The second kappa shape index (κ2) is 9.06. The van der Waals surface area contributed by atoms with Crippen molar-refractivity contribution < 1.29 is 14.6 Å². The van der Waals surface area contributed by atoms with Crippen molar-refractivity contribution in [3.63, 3.8) is 0 Å². The lowest BCUT2D eigenvalue weighted by Crippen LogP contribution is -2.46. The molecule has 0 fully saturated rings. The van der Waals surface area contributed by atoms with Crippen LogP contribution < -0.4 is 14.8 Å².